The maximum Gasteiger partial charge on any atom is 0.264 e. The zero-order valence-electron chi connectivity index (χ0n) is 23.9. The van der Waals surface area contributed by atoms with Crippen molar-refractivity contribution in [1.29, 1.82) is 0 Å². The van der Waals surface area contributed by atoms with E-state index in [0.717, 1.165) is 21.0 Å². The summed E-state index contributed by atoms with van der Waals surface area (Å²) in [6.45, 7) is 3.47. The van der Waals surface area contributed by atoms with Crippen molar-refractivity contribution in [3.8, 4) is 11.5 Å². The number of rotatable bonds is 11. The quantitative estimate of drug-likeness (QED) is 0.253. The van der Waals surface area contributed by atoms with Crippen LogP contribution in [-0.2, 0) is 21.4 Å². The van der Waals surface area contributed by atoms with E-state index in [-0.39, 0.29) is 27.8 Å². The van der Waals surface area contributed by atoms with E-state index in [4.69, 9.17) is 9.47 Å². The van der Waals surface area contributed by atoms with E-state index in [9.17, 15) is 18.0 Å². The van der Waals surface area contributed by atoms with Gasteiger partial charge in [0.15, 0.2) is 11.5 Å². The van der Waals surface area contributed by atoms with Gasteiger partial charge in [0.25, 0.3) is 15.9 Å². The van der Waals surface area contributed by atoms with E-state index in [1.807, 2.05) is 50.2 Å². The molecule has 0 aliphatic heterocycles. The highest BCUT2D eigenvalue weighted by molar-refractivity contribution is 7.92. The van der Waals surface area contributed by atoms with Gasteiger partial charge in [-0.1, -0.05) is 48.5 Å². The van der Waals surface area contributed by atoms with Crippen molar-refractivity contribution in [2.24, 2.45) is 0 Å². The van der Waals surface area contributed by atoms with Gasteiger partial charge >= 0.3 is 0 Å². The molecule has 4 aromatic rings. The summed E-state index contributed by atoms with van der Waals surface area (Å²) in [5.41, 5.74) is 3.43. The fourth-order valence-electron chi connectivity index (χ4n) is 4.50. The van der Waals surface area contributed by atoms with E-state index in [2.05, 4.69) is 10.6 Å². The third-order valence-electron chi connectivity index (χ3n) is 6.47. The summed E-state index contributed by atoms with van der Waals surface area (Å²) in [6.07, 6.45) is 0. The first-order valence-corrected chi connectivity index (χ1v) is 14.6. The maximum absolute atomic E-state index is 14.0. The summed E-state index contributed by atoms with van der Waals surface area (Å²) in [4.78, 5) is 26.4. The van der Waals surface area contributed by atoms with Crippen molar-refractivity contribution in [3.05, 3.63) is 113 Å². The van der Waals surface area contributed by atoms with Crippen LogP contribution in [0.25, 0.3) is 0 Å². The summed E-state index contributed by atoms with van der Waals surface area (Å²) in [5.74, 6) is -0.395. The minimum Gasteiger partial charge on any atom is -0.493 e. The monoisotopic (exact) mass is 587 g/mol. The third kappa shape index (κ3) is 7.08. The lowest BCUT2D eigenvalue weighted by Gasteiger charge is -2.25. The van der Waals surface area contributed by atoms with Crippen LogP contribution in [0.5, 0.6) is 11.5 Å². The number of para-hydroxylation sites is 1. The van der Waals surface area contributed by atoms with Gasteiger partial charge in [0.1, 0.15) is 6.54 Å². The molecule has 0 radical (unpaired) electrons. The van der Waals surface area contributed by atoms with Gasteiger partial charge in [-0.15, -0.1) is 0 Å². The molecule has 0 spiro atoms. The molecule has 0 saturated carbocycles. The van der Waals surface area contributed by atoms with Crippen molar-refractivity contribution in [2.45, 2.75) is 25.3 Å². The Hall–Kier alpha value is -4.83. The largest absolute Gasteiger partial charge is 0.493 e. The van der Waals surface area contributed by atoms with Gasteiger partial charge in [-0.3, -0.25) is 13.9 Å². The molecule has 2 amide bonds. The number of carbonyl (C=O) groups is 2. The minimum atomic E-state index is -4.24. The van der Waals surface area contributed by atoms with Gasteiger partial charge in [0.2, 0.25) is 5.91 Å². The lowest BCUT2D eigenvalue weighted by Crippen LogP contribution is -2.38. The first kappa shape index (κ1) is 30.1. The van der Waals surface area contributed by atoms with Crippen LogP contribution in [0.15, 0.2) is 95.9 Å². The standard InChI is InChI=1S/C32H33N3O6S/c1-22-16-23(2)18-25(17-22)35(42(38,39)26-14-15-29(40-3)30(19-26)41-4)21-31(36)34-28-13-9-8-12-27(28)32(37)33-20-24-10-6-5-7-11-24/h5-19H,20-21H2,1-4H3,(H,33,37)(H,34,36). The molecule has 218 valence electrons. The minimum absolute atomic E-state index is 0.0761. The highest BCUT2D eigenvalue weighted by Crippen LogP contribution is 2.33. The first-order valence-electron chi connectivity index (χ1n) is 13.2. The van der Waals surface area contributed by atoms with Crippen molar-refractivity contribution in [2.75, 3.05) is 30.4 Å². The molecule has 0 bridgehead atoms. The van der Waals surface area contributed by atoms with E-state index >= 15 is 0 Å². The number of nitrogens with one attached hydrogen (secondary N) is 2. The number of sulfonamides is 1. The number of nitrogens with zero attached hydrogens (tertiary/aromatic N) is 1. The molecule has 0 aliphatic rings. The number of ether oxygens (including phenoxy) is 2. The zero-order chi connectivity index (χ0) is 30.3. The molecule has 4 aromatic carbocycles. The molecule has 0 fully saturated rings. The number of benzene rings is 4. The molecule has 9 nitrogen and oxygen atoms in total. The highest BCUT2D eigenvalue weighted by atomic mass is 32.2. The predicted octanol–water partition coefficient (Wildman–Crippen LogP) is 5.08. The van der Waals surface area contributed by atoms with Crippen molar-refractivity contribution < 1.29 is 27.5 Å². The molecule has 0 heterocycles. The third-order valence-corrected chi connectivity index (χ3v) is 8.24. The smallest absolute Gasteiger partial charge is 0.264 e. The Morgan fingerprint density at radius 2 is 1.43 bits per heavy atom. The molecule has 0 atom stereocenters. The van der Waals surface area contributed by atoms with Crippen LogP contribution in [0.3, 0.4) is 0 Å². The average Bonchev–Trinajstić information content (AvgIpc) is 2.98. The molecule has 10 heteroatoms. The van der Waals surface area contributed by atoms with Crippen molar-refractivity contribution >= 4 is 33.2 Å². The van der Waals surface area contributed by atoms with E-state index in [0.29, 0.717) is 18.0 Å². The molecule has 0 aliphatic carbocycles. The summed E-state index contributed by atoms with van der Waals surface area (Å²) in [6, 6.07) is 25.6. The summed E-state index contributed by atoms with van der Waals surface area (Å²) >= 11 is 0. The van der Waals surface area contributed by atoms with E-state index < -0.39 is 22.5 Å². The number of aryl methyl sites for hydroxylation is 2. The molecule has 0 saturated heterocycles. The number of amides is 2. The van der Waals surface area contributed by atoms with Crippen LogP contribution in [0.4, 0.5) is 11.4 Å². The Morgan fingerprint density at radius 3 is 2.10 bits per heavy atom. The average molecular weight is 588 g/mol. The molecular formula is C32H33N3O6S. The summed E-state index contributed by atoms with van der Waals surface area (Å²) in [5, 5.41) is 5.59. The second kappa shape index (κ2) is 13.2. The van der Waals surface area contributed by atoms with Crippen molar-refractivity contribution in [3.63, 3.8) is 0 Å². The van der Waals surface area contributed by atoms with Crippen molar-refractivity contribution in [1.82, 2.24) is 5.32 Å². The van der Waals surface area contributed by atoms with Crippen LogP contribution < -0.4 is 24.4 Å². The van der Waals surface area contributed by atoms with Gasteiger partial charge in [-0.2, -0.15) is 0 Å². The fraction of sp³-hybridized carbons (Fsp3) is 0.188. The normalized spacial score (nSPS) is 11.0. The molecule has 0 unspecified atom stereocenters. The van der Waals surface area contributed by atoms with E-state index in [1.54, 1.807) is 36.4 Å². The van der Waals surface area contributed by atoms with Gasteiger partial charge in [-0.25, -0.2) is 8.42 Å². The SMILES string of the molecule is COc1ccc(S(=O)(=O)N(CC(=O)Nc2ccccc2C(=O)NCc2ccccc2)c2cc(C)cc(C)c2)cc1OC. The lowest BCUT2D eigenvalue weighted by molar-refractivity contribution is -0.114. The van der Waals surface area contributed by atoms with E-state index in [1.165, 1.54) is 32.4 Å². The van der Waals surface area contributed by atoms with Gasteiger partial charge in [0.05, 0.1) is 36.1 Å². The number of hydrogen-bond donors (Lipinski definition) is 2. The second-order valence-electron chi connectivity index (χ2n) is 9.64. The van der Waals surface area contributed by atoms with Crippen LogP contribution in [0.2, 0.25) is 0 Å². The Morgan fingerprint density at radius 1 is 0.786 bits per heavy atom. The highest BCUT2D eigenvalue weighted by Gasteiger charge is 2.29. The van der Waals surface area contributed by atoms with Gasteiger partial charge in [0, 0.05) is 12.6 Å². The Kier molecular flexibility index (Phi) is 9.49. The lowest BCUT2D eigenvalue weighted by atomic mass is 10.1. The summed E-state index contributed by atoms with van der Waals surface area (Å²) in [7, 11) is -1.37. The predicted molar refractivity (Wildman–Crippen MR) is 163 cm³/mol. The van der Waals surface area contributed by atoms with Crippen LogP contribution in [0.1, 0.15) is 27.0 Å². The zero-order valence-corrected chi connectivity index (χ0v) is 24.7. The number of anilines is 2. The summed E-state index contributed by atoms with van der Waals surface area (Å²) < 4.78 is 39.6. The molecular weight excluding hydrogens is 554 g/mol. The molecule has 2 N–H and O–H groups in total. The number of carbonyl (C=O) groups excluding carboxylic acids is 2. The van der Waals surface area contributed by atoms with Gasteiger partial charge in [-0.05, 0) is 66.9 Å². The number of methoxy groups -OCH3 is 2. The van der Waals surface area contributed by atoms with Crippen LogP contribution in [-0.4, -0.2) is 41.0 Å². The molecule has 0 aromatic heterocycles. The molecule has 42 heavy (non-hydrogen) atoms. The Labute approximate surface area is 246 Å². The fourth-order valence-corrected chi connectivity index (χ4v) is 5.92. The number of hydrogen-bond acceptors (Lipinski definition) is 6. The van der Waals surface area contributed by atoms with Crippen LogP contribution in [0, 0.1) is 13.8 Å². The van der Waals surface area contributed by atoms with Crippen LogP contribution >= 0.6 is 0 Å². The first-order chi connectivity index (χ1) is 20.1. The topological polar surface area (TPSA) is 114 Å². The molecule has 4 rings (SSSR count). The second-order valence-corrected chi connectivity index (χ2v) is 11.5. The van der Waals surface area contributed by atoms with Gasteiger partial charge < -0.3 is 20.1 Å². The Bertz CT molecular complexity index is 1670. The maximum atomic E-state index is 14.0. The Balaban J connectivity index is 1.63.